The Kier molecular flexibility index (Phi) is 9.95. The number of carboxylic acids is 3. The van der Waals surface area contributed by atoms with Crippen LogP contribution in [0.25, 0.3) is 0 Å². The lowest BCUT2D eigenvalue weighted by Crippen LogP contribution is -2.30. The predicted molar refractivity (Wildman–Crippen MR) is 58.4 cm³/mol. The first-order valence-electron chi connectivity index (χ1n) is 4.90. The number of carbonyl (C=O) groups is 3. The van der Waals surface area contributed by atoms with Crippen molar-refractivity contribution in [2.75, 3.05) is 0 Å². The number of rotatable bonds is 6. The van der Waals surface area contributed by atoms with E-state index in [1.165, 1.54) is 0 Å². The number of aliphatic carboxylic acids is 3. The van der Waals surface area contributed by atoms with Crippen molar-refractivity contribution in [2.45, 2.75) is 38.3 Å². The SMILES string of the molecule is CCC(N)C(=O)O.NC(CCC(=O)O)C(=O)O. The molecule has 2 unspecified atom stereocenters. The van der Waals surface area contributed by atoms with Crippen LogP contribution < -0.4 is 11.5 Å². The average Bonchev–Trinajstić information content (AvgIpc) is 2.24. The van der Waals surface area contributed by atoms with Gasteiger partial charge >= 0.3 is 17.9 Å². The summed E-state index contributed by atoms with van der Waals surface area (Å²) in [4.78, 5) is 29.7. The van der Waals surface area contributed by atoms with Crippen LogP contribution in [-0.4, -0.2) is 45.3 Å². The van der Waals surface area contributed by atoms with Gasteiger partial charge in [-0.15, -0.1) is 0 Å². The molecule has 0 bridgehead atoms. The fourth-order valence-electron chi connectivity index (χ4n) is 0.577. The summed E-state index contributed by atoms with van der Waals surface area (Å²) in [5, 5.41) is 24.3. The zero-order valence-corrected chi connectivity index (χ0v) is 9.50. The Bertz CT molecular complexity index is 268. The van der Waals surface area contributed by atoms with Crippen molar-refractivity contribution in [3.05, 3.63) is 0 Å². The first-order chi connectivity index (χ1) is 7.72. The second-order valence-corrected chi connectivity index (χ2v) is 3.23. The Morgan fingerprint density at radius 1 is 1.00 bits per heavy atom. The van der Waals surface area contributed by atoms with E-state index >= 15 is 0 Å². The molecule has 0 heterocycles. The van der Waals surface area contributed by atoms with Gasteiger partial charge in [-0.1, -0.05) is 6.92 Å². The van der Waals surface area contributed by atoms with Crippen LogP contribution in [0, 0.1) is 0 Å². The maximum atomic E-state index is 9.99. The van der Waals surface area contributed by atoms with Gasteiger partial charge in [0, 0.05) is 6.42 Å². The van der Waals surface area contributed by atoms with Crippen LogP contribution in [0.3, 0.4) is 0 Å². The summed E-state index contributed by atoms with van der Waals surface area (Å²) in [5.74, 6) is -3.12. The normalized spacial score (nSPS) is 12.9. The van der Waals surface area contributed by atoms with Gasteiger partial charge in [-0.3, -0.25) is 14.4 Å². The van der Waals surface area contributed by atoms with Crippen LogP contribution in [0.5, 0.6) is 0 Å². The van der Waals surface area contributed by atoms with Gasteiger partial charge in [0.2, 0.25) is 0 Å². The Morgan fingerprint density at radius 2 is 1.41 bits per heavy atom. The molecule has 0 aromatic heterocycles. The Morgan fingerprint density at radius 3 is 1.59 bits per heavy atom. The number of hydrogen-bond acceptors (Lipinski definition) is 5. The molecule has 8 heteroatoms. The van der Waals surface area contributed by atoms with Gasteiger partial charge in [0.05, 0.1) is 0 Å². The van der Waals surface area contributed by atoms with Crippen LogP contribution in [0.2, 0.25) is 0 Å². The van der Waals surface area contributed by atoms with Crippen molar-refractivity contribution in [2.24, 2.45) is 11.5 Å². The van der Waals surface area contributed by atoms with E-state index in [4.69, 9.17) is 26.8 Å². The Balaban J connectivity index is 0. The van der Waals surface area contributed by atoms with Gasteiger partial charge in [0.25, 0.3) is 0 Å². The highest BCUT2D eigenvalue weighted by Gasteiger charge is 2.12. The van der Waals surface area contributed by atoms with Crippen molar-refractivity contribution >= 4 is 17.9 Å². The Hall–Kier alpha value is -1.67. The van der Waals surface area contributed by atoms with Crippen LogP contribution >= 0.6 is 0 Å². The highest BCUT2D eigenvalue weighted by atomic mass is 16.4. The molecule has 8 nitrogen and oxygen atoms in total. The fraction of sp³-hybridized carbons (Fsp3) is 0.667. The summed E-state index contributed by atoms with van der Waals surface area (Å²) >= 11 is 0. The van der Waals surface area contributed by atoms with Gasteiger partial charge in [-0.2, -0.15) is 0 Å². The van der Waals surface area contributed by atoms with Crippen LogP contribution in [0.4, 0.5) is 0 Å². The maximum Gasteiger partial charge on any atom is 0.320 e. The highest BCUT2D eigenvalue weighted by Crippen LogP contribution is 1.93. The molecule has 0 radical (unpaired) electrons. The zero-order valence-electron chi connectivity index (χ0n) is 9.50. The van der Waals surface area contributed by atoms with Crippen molar-refractivity contribution in [3.63, 3.8) is 0 Å². The summed E-state index contributed by atoms with van der Waals surface area (Å²) in [5.41, 5.74) is 10.0. The minimum atomic E-state index is -1.17. The molecule has 7 N–H and O–H groups in total. The minimum absolute atomic E-state index is 0.0231. The maximum absolute atomic E-state index is 9.99. The van der Waals surface area contributed by atoms with Crippen LogP contribution in [0.15, 0.2) is 0 Å². The van der Waals surface area contributed by atoms with Gasteiger partial charge in [0.1, 0.15) is 12.1 Å². The van der Waals surface area contributed by atoms with E-state index in [0.29, 0.717) is 6.42 Å². The largest absolute Gasteiger partial charge is 0.481 e. The van der Waals surface area contributed by atoms with Gasteiger partial charge in [0.15, 0.2) is 0 Å². The van der Waals surface area contributed by atoms with E-state index < -0.39 is 30.0 Å². The first-order valence-corrected chi connectivity index (χ1v) is 4.90. The molecule has 0 rings (SSSR count). The summed E-state index contributed by atoms with van der Waals surface area (Å²) < 4.78 is 0. The predicted octanol–water partition coefficient (Wildman–Crippen LogP) is -0.929. The van der Waals surface area contributed by atoms with Gasteiger partial charge < -0.3 is 26.8 Å². The molecular weight excluding hydrogens is 232 g/mol. The van der Waals surface area contributed by atoms with Crippen molar-refractivity contribution in [1.29, 1.82) is 0 Å². The summed E-state index contributed by atoms with van der Waals surface area (Å²) in [6, 6.07) is -1.74. The Labute approximate surface area is 98.2 Å². The number of hydrogen-bond donors (Lipinski definition) is 5. The van der Waals surface area contributed by atoms with Crippen molar-refractivity contribution < 1.29 is 29.7 Å². The monoisotopic (exact) mass is 250 g/mol. The molecule has 0 fully saturated rings. The molecule has 2 atom stereocenters. The minimum Gasteiger partial charge on any atom is -0.481 e. The van der Waals surface area contributed by atoms with Gasteiger partial charge in [-0.25, -0.2) is 0 Å². The van der Waals surface area contributed by atoms with E-state index in [2.05, 4.69) is 0 Å². The van der Waals surface area contributed by atoms with Crippen LogP contribution in [0.1, 0.15) is 26.2 Å². The quantitative estimate of drug-likeness (QED) is 0.403. The average molecular weight is 250 g/mol. The lowest BCUT2D eigenvalue weighted by Gasteiger charge is -2.01. The number of carboxylic acid groups (broad SMARTS) is 3. The smallest absolute Gasteiger partial charge is 0.320 e. The van der Waals surface area contributed by atoms with Gasteiger partial charge in [-0.05, 0) is 12.8 Å². The molecular formula is C9H18N2O6. The van der Waals surface area contributed by atoms with Crippen molar-refractivity contribution in [3.8, 4) is 0 Å². The molecule has 0 aliphatic rings. The topological polar surface area (TPSA) is 164 Å². The molecule has 0 amide bonds. The molecule has 17 heavy (non-hydrogen) atoms. The molecule has 0 saturated heterocycles. The van der Waals surface area contributed by atoms with E-state index in [1.54, 1.807) is 6.92 Å². The standard InChI is InChI=1S/C5H9NO4.C4H9NO2/c6-3(5(9)10)1-2-4(7)8;1-2-3(5)4(6)7/h3H,1-2,6H2,(H,7,8)(H,9,10);3H,2,5H2,1H3,(H,6,7). The van der Waals surface area contributed by atoms with E-state index in [1.807, 2.05) is 0 Å². The van der Waals surface area contributed by atoms with Crippen LogP contribution in [-0.2, 0) is 14.4 Å². The summed E-state index contributed by atoms with van der Waals surface area (Å²) in [6.45, 7) is 1.73. The first kappa shape index (κ1) is 17.7. The second-order valence-electron chi connectivity index (χ2n) is 3.23. The second kappa shape index (κ2) is 9.55. The molecule has 0 spiro atoms. The van der Waals surface area contributed by atoms with E-state index in [9.17, 15) is 14.4 Å². The van der Waals surface area contributed by atoms with Crippen molar-refractivity contribution in [1.82, 2.24) is 0 Å². The molecule has 0 aromatic carbocycles. The molecule has 0 saturated carbocycles. The third kappa shape index (κ3) is 12.3. The number of nitrogens with two attached hydrogens (primary N) is 2. The summed E-state index contributed by atoms with van der Waals surface area (Å²) in [7, 11) is 0. The molecule has 0 aliphatic heterocycles. The lowest BCUT2D eigenvalue weighted by atomic mass is 10.2. The highest BCUT2D eigenvalue weighted by molar-refractivity contribution is 5.74. The fourth-order valence-corrected chi connectivity index (χ4v) is 0.577. The third-order valence-corrected chi connectivity index (χ3v) is 1.74. The van der Waals surface area contributed by atoms with E-state index in [0.717, 1.165) is 0 Å². The lowest BCUT2D eigenvalue weighted by molar-refractivity contribution is -0.140. The molecule has 100 valence electrons. The zero-order chi connectivity index (χ0) is 14.0. The summed E-state index contributed by atoms with van der Waals surface area (Å²) in [6.07, 6.45) is 0.271. The third-order valence-electron chi connectivity index (χ3n) is 1.74. The molecule has 0 aliphatic carbocycles. The van der Waals surface area contributed by atoms with E-state index in [-0.39, 0.29) is 12.8 Å². The molecule has 0 aromatic rings.